The van der Waals surface area contributed by atoms with E-state index in [1.807, 2.05) is 93.2 Å². The number of aromatic nitrogens is 5. The van der Waals surface area contributed by atoms with Gasteiger partial charge in [-0.1, -0.05) is 18.2 Å². The van der Waals surface area contributed by atoms with E-state index in [2.05, 4.69) is 32.0 Å². The Bertz CT molecular complexity index is 1510. The highest BCUT2D eigenvalue weighted by molar-refractivity contribution is 5.96. The van der Waals surface area contributed by atoms with Crippen LogP contribution in [-0.4, -0.2) is 30.5 Å². The second-order valence-electron chi connectivity index (χ2n) is 8.69. The van der Waals surface area contributed by atoms with Crippen molar-refractivity contribution in [1.29, 1.82) is 0 Å². The van der Waals surface area contributed by atoms with Crippen molar-refractivity contribution in [2.24, 2.45) is 7.05 Å². The van der Waals surface area contributed by atoms with Crippen LogP contribution in [0.3, 0.4) is 0 Å². The quantitative estimate of drug-likeness (QED) is 0.368. The minimum absolute atomic E-state index is 0.0529. The molecule has 0 aliphatic rings. The average Bonchev–Trinajstić information content (AvgIpc) is 3.31. The fourth-order valence-electron chi connectivity index (χ4n) is 4.18. The molecule has 0 bridgehead atoms. The van der Waals surface area contributed by atoms with Crippen molar-refractivity contribution in [3.8, 4) is 5.82 Å². The van der Waals surface area contributed by atoms with Crippen molar-refractivity contribution in [3.63, 3.8) is 0 Å². The van der Waals surface area contributed by atoms with Gasteiger partial charge in [0.05, 0.1) is 12.1 Å². The number of rotatable bonds is 6. The first-order chi connectivity index (χ1) is 16.9. The number of anilines is 3. The average molecular weight is 466 g/mol. The first-order valence-corrected chi connectivity index (χ1v) is 11.5. The lowest BCUT2D eigenvalue weighted by Crippen LogP contribution is -2.14. The van der Waals surface area contributed by atoms with Gasteiger partial charge in [0.2, 0.25) is 5.91 Å². The number of carbonyl (C=O) groups is 1. The van der Waals surface area contributed by atoms with E-state index in [0.717, 1.165) is 44.8 Å². The molecule has 8 heteroatoms. The molecule has 0 spiro atoms. The largest absolute Gasteiger partial charge is 0.350 e. The number of carbonyl (C=O) groups excluding carboxylic acids is 1. The van der Waals surface area contributed by atoms with Gasteiger partial charge in [-0.05, 0) is 74.4 Å². The van der Waals surface area contributed by atoms with Gasteiger partial charge in [0.15, 0.2) is 11.6 Å². The van der Waals surface area contributed by atoms with Gasteiger partial charge in [0.25, 0.3) is 0 Å². The molecule has 8 nitrogen and oxygen atoms in total. The molecule has 2 N–H and O–H groups in total. The zero-order valence-electron chi connectivity index (χ0n) is 20.2. The Balaban J connectivity index is 1.22. The highest BCUT2D eigenvalue weighted by Crippen LogP contribution is 2.22. The first kappa shape index (κ1) is 22.3. The van der Waals surface area contributed by atoms with Crippen LogP contribution in [0.2, 0.25) is 0 Å². The van der Waals surface area contributed by atoms with Crippen LogP contribution in [0.1, 0.15) is 22.5 Å². The summed E-state index contributed by atoms with van der Waals surface area (Å²) in [5.74, 6) is 1.25. The molecule has 1 amide bonds. The third kappa shape index (κ3) is 4.50. The van der Waals surface area contributed by atoms with E-state index in [9.17, 15) is 4.79 Å². The second-order valence-corrected chi connectivity index (χ2v) is 8.69. The zero-order valence-corrected chi connectivity index (χ0v) is 20.2. The molecule has 3 aromatic heterocycles. The van der Waals surface area contributed by atoms with Gasteiger partial charge in [-0.15, -0.1) is 10.2 Å². The highest BCUT2D eigenvalue weighted by atomic mass is 16.1. The van der Waals surface area contributed by atoms with Crippen LogP contribution in [0.15, 0.2) is 66.9 Å². The third-order valence-electron chi connectivity index (χ3n) is 6.29. The Morgan fingerprint density at radius 2 is 1.66 bits per heavy atom. The van der Waals surface area contributed by atoms with Gasteiger partial charge in [-0.25, -0.2) is 4.68 Å². The Morgan fingerprint density at radius 3 is 2.34 bits per heavy atom. The molecule has 0 fully saturated rings. The van der Waals surface area contributed by atoms with Gasteiger partial charge < -0.3 is 15.2 Å². The molecule has 0 saturated heterocycles. The lowest BCUT2D eigenvalue weighted by molar-refractivity contribution is -0.115. The summed E-state index contributed by atoms with van der Waals surface area (Å²) in [6.45, 7) is 6.05. The molecule has 5 rings (SSSR count). The molecule has 0 radical (unpaired) electrons. The molecule has 0 saturated carbocycles. The number of benzene rings is 2. The van der Waals surface area contributed by atoms with Gasteiger partial charge >= 0.3 is 0 Å². The predicted octanol–water partition coefficient (Wildman–Crippen LogP) is 5.00. The molecule has 176 valence electrons. The summed E-state index contributed by atoms with van der Waals surface area (Å²) in [5.41, 5.74) is 6.90. The third-order valence-corrected chi connectivity index (χ3v) is 6.29. The fraction of sp³-hybridized carbons (Fsp3) is 0.185. The lowest BCUT2D eigenvalue weighted by atomic mass is 10.1. The zero-order chi connectivity index (χ0) is 24.5. The minimum Gasteiger partial charge on any atom is -0.350 e. The van der Waals surface area contributed by atoms with Gasteiger partial charge in [-0.3, -0.25) is 4.79 Å². The van der Waals surface area contributed by atoms with Crippen LogP contribution in [0.5, 0.6) is 0 Å². The van der Waals surface area contributed by atoms with E-state index in [4.69, 9.17) is 0 Å². The van der Waals surface area contributed by atoms with Gasteiger partial charge in [0, 0.05) is 41.2 Å². The normalized spacial score (nSPS) is 11.1. The molecule has 3 heterocycles. The molecule has 0 atom stereocenters. The Morgan fingerprint density at radius 1 is 0.914 bits per heavy atom. The summed E-state index contributed by atoms with van der Waals surface area (Å²) >= 11 is 0. The lowest BCUT2D eigenvalue weighted by Gasteiger charge is -2.09. The standard InChI is InChI=1S/C27H27N7O/c1-17-18(2)32-34(19(17)3)26-14-13-25(30-31-26)28-21-9-11-22(12-10-21)29-27(35)15-20-16-33(4)24-8-6-5-7-23(20)24/h5-14,16H,15H2,1-4H3,(H,28,30)(H,29,35). The number of para-hydroxylation sites is 1. The number of nitrogens with zero attached hydrogens (tertiary/aromatic N) is 5. The summed E-state index contributed by atoms with van der Waals surface area (Å²) in [6.07, 6.45) is 2.33. The Hall–Kier alpha value is -4.46. The topological polar surface area (TPSA) is 89.7 Å². The number of aryl methyl sites for hydroxylation is 2. The maximum Gasteiger partial charge on any atom is 0.228 e. The van der Waals surface area contributed by atoms with Crippen molar-refractivity contribution in [2.45, 2.75) is 27.2 Å². The number of hydrogen-bond donors (Lipinski definition) is 2. The fourth-order valence-corrected chi connectivity index (χ4v) is 4.18. The number of nitrogens with one attached hydrogen (secondary N) is 2. The van der Waals surface area contributed by atoms with E-state index in [1.54, 1.807) is 4.68 Å². The maximum atomic E-state index is 12.6. The predicted molar refractivity (Wildman–Crippen MR) is 138 cm³/mol. The molecule has 0 aliphatic carbocycles. The summed E-state index contributed by atoms with van der Waals surface area (Å²) in [6, 6.07) is 19.4. The second kappa shape index (κ2) is 9.06. The van der Waals surface area contributed by atoms with Crippen molar-refractivity contribution in [3.05, 3.63) is 89.4 Å². The van der Waals surface area contributed by atoms with E-state index in [0.29, 0.717) is 18.1 Å². The van der Waals surface area contributed by atoms with Crippen LogP contribution in [0.4, 0.5) is 17.2 Å². The van der Waals surface area contributed by atoms with E-state index in [1.165, 1.54) is 0 Å². The smallest absolute Gasteiger partial charge is 0.228 e. The van der Waals surface area contributed by atoms with E-state index in [-0.39, 0.29) is 5.91 Å². The monoisotopic (exact) mass is 465 g/mol. The highest BCUT2D eigenvalue weighted by Gasteiger charge is 2.12. The minimum atomic E-state index is -0.0529. The van der Waals surface area contributed by atoms with Crippen LogP contribution < -0.4 is 10.6 Å². The van der Waals surface area contributed by atoms with E-state index >= 15 is 0 Å². The number of fused-ring (bicyclic) bond motifs is 1. The van der Waals surface area contributed by atoms with Crippen LogP contribution in [-0.2, 0) is 18.3 Å². The molecular weight excluding hydrogens is 438 g/mol. The molecule has 0 aliphatic heterocycles. The van der Waals surface area contributed by atoms with Crippen LogP contribution in [0.25, 0.3) is 16.7 Å². The molecule has 5 aromatic rings. The summed E-state index contributed by atoms with van der Waals surface area (Å²) in [7, 11) is 1.99. The molecule has 0 unspecified atom stereocenters. The SMILES string of the molecule is Cc1nn(-c2ccc(Nc3ccc(NC(=O)Cc4cn(C)c5ccccc45)cc3)nn2)c(C)c1C. The van der Waals surface area contributed by atoms with Crippen molar-refractivity contribution in [2.75, 3.05) is 10.6 Å². The molecule has 35 heavy (non-hydrogen) atoms. The van der Waals surface area contributed by atoms with Gasteiger partial charge in [-0.2, -0.15) is 5.10 Å². The summed E-state index contributed by atoms with van der Waals surface area (Å²) < 4.78 is 3.85. The van der Waals surface area contributed by atoms with Crippen LogP contribution >= 0.6 is 0 Å². The molecular formula is C27H27N7O. The van der Waals surface area contributed by atoms with Crippen molar-refractivity contribution in [1.82, 2.24) is 24.5 Å². The van der Waals surface area contributed by atoms with Crippen molar-refractivity contribution >= 4 is 34.0 Å². The van der Waals surface area contributed by atoms with Gasteiger partial charge in [0.1, 0.15) is 0 Å². The van der Waals surface area contributed by atoms with E-state index < -0.39 is 0 Å². The molecule has 2 aromatic carbocycles. The number of hydrogen-bond acceptors (Lipinski definition) is 5. The Labute approximate surface area is 203 Å². The Kier molecular flexibility index (Phi) is 5.78. The summed E-state index contributed by atoms with van der Waals surface area (Å²) in [5, 5.41) is 20.4. The number of amides is 1. The van der Waals surface area contributed by atoms with Crippen molar-refractivity contribution < 1.29 is 4.79 Å². The van der Waals surface area contributed by atoms with Crippen LogP contribution in [0, 0.1) is 20.8 Å². The first-order valence-electron chi connectivity index (χ1n) is 11.5. The maximum absolute atomic E-state index is 12.6. The summed E-state index contributed by atoms with van der Waals surface area (Å²) in [4.78, 5) is 12.6.